The Hall–Kier alpha value is -0.0800. The molecule has 0 bridgehead atoms. The van der Waals surface area contributed by atoms with E-state index in [1.807, 2.05) is 0 Å². The van der Waals surface area contributed by atoms with Crippen molar-refractivity contribution < 1.29 is 0 Å². The van der Waals surface area contributed by atoms with Crippen LogP contribution >= 0.6 is 0 Å². The first kappa shape index (κ1) is 8.52. The second kappa shape index (κ2) is 3.75. The van der Waals surface area contributed by atoms with Crippen LogP contribution in [0.2, 0.25) is 0 Å². The minimum absolute atomic E-state index is 0.708. The maximum Gasteiger partial charge on any atom is 0.0218 e. The standard InChI is InChI=1S/C10H20N2/c11-7-10-3-1-2-6-12(10)8-9-4-5-9/h9-10H,1-8,11H2. The van der Waals surface area contributed by atoms with Gasteiger partial charge < -0.3 is 5.73 Å². The molecule has 70 valence electrons. The molecule has 0 radical (unpaired) electrons. The van der Waals surface area contributed by atoms with Gasteiger partial charge >= 0.3 is 0 Å². The summed E-state index contributed by atoms with van der Waals surface area (Å²) < 4.78 is 0. The summed E-state index contributed by atoms with van der Waals surface area (Å²) in [5, 5.41) is 0. The number of nitrogens with zero attached hydrogens (tertiary/aromatic N) is 1. The third-order valence-corrected chi connectivity index (χ3v) is 3.21. The SMILES string of the molecule is NCC1CCCCN1CC1CC1. The van der Waals surface area contributed by atoms with Crippen LogP contribution in [0.25, 0.3) is 0 Å². The van der Waals surface area contributed by atoms with Crippen LogP contribution in [0.5, 0.6) is 0 Å². The fourth-order valence-electron chi connectivity index (χ4n) is 2.20. The molecular formula is C10H20N2. The zero-order valence-corrected chi connectivity index (χ0v) is 7.84. The zero-order chi connectivity index (χ0) is 8.39. The lowest BCUT2D eigenvalue weighted by molar-refractivity contribution is 0.146. The highest BCUT2D eigenvalue weighted by Crippen LogP contribution is 2.31. The molecule has 1 heterocycles. The first-order valence-corrected chi connectivity index (χ1v) is 5.34. The van der Waals surface area contributed by atoms with Crippen molar-refractivity contribution in [2.24, 2.45) is 11.7 Å². The van der Waals surface area contributed by atoms with Gasteiger partial charge in [-0.2, -0.15) is 0 Å². The summed E-state index contributed by atoms with van der Waals surface area (Å²) in [6, 6.07) is 0.708. The molecule has 2 nitrogen and oxygen atoms in total. The zero-order valence-electron chi connectivity index (χ0n) is 7.84. The number of likely N-dealkylation sites (tertiary alicyclic amines) is 1. The summed E-state index contributed by atoms with van der Waals surface area (Å²) in [6.07, 6.45) is 7.05. The van der Waals surface area contributed by atoms with Crippen molar-refractivity contribution in [1.29, 1.82) is 0 Å². The molecule has 2 aliphatic rings. The normalized spacial score (nSPS) is 32.2. The van der Waals surface area contributed by atoms with E-state index in [1.165, 1.54) is 45.2 Å². The summed E-state index contributed by atoms with van der Waals surface area (Å²) in [4.78, 5) is 2.63. The minimum atomic E-state index is 0.708. The lowest BCUT2D eigenvalue weighted by atomic mass is 10.0. The molecule has 1 unspecified atom stereocenters. The Labute approximate surface area is 75.1 Å². The smallest absolute Gasteiger partial charge is 0.0218 e. The van der Waals surface area contributed by atoms with Crippen molar-refractivity contribution in [3.8, 4) is 0 Å². The van der Waals surface area contributed by atoms with Crippen LogP contribution in [-0.4, -0.2) is 30.6 Å². The van der Waals surface area contributed by atoms with E-state index in [2.05, 4.69) is 4.90 Å². The summed E-state index contributed by atoms with van der Waals surface area (Å²) in [5.41, 5.74) is 5.75. The molecule has 12 heavy (non-hydrogen) atoms. The maximum atomic E-state index is 5.75. The van der Waals surface area contributed by atoms with Crippen molar-refractivity contribution in [1.82, 2.24) is 4.90 Å². The Morgan fingerprint density at radius 3 is 2.67 bits per heavy atom. The van der Waals surface area contributed by atoms with Gasteiger partial charge in [-0.15, -0.1) is 0 Å². The van der Waals surface area contributed by atoms with Crippen LogP contribution in [0.3, 0.4) is 0 Å². The molecular weight excluding hydrogens is 148 g/mol. The third-order valence-electron chi connectivity index (χ3n) is 3.21. The quantitative estimate of drug-likeness (QED) is 0.686. The predicted octanol–water partition coefficient (Wildman–Crippen LogP) is 1.21. The largest absolute Gasteiger partial charge is 0.329 e. The average Bonchev–Trinajstić information content (AvgIpc) is 2.89. The van der Waals surface area contributed by atoms with Crippen LogP contribution in [0.4, 0.5) is 0 Å². The summed E-state index contributed by atoms with van der Waals surface area (Å²) >= 11 is 0. The van der Waals surface area contributed by atoms with E-state index < -0.39 is 0 Å². The second-order valence-corrected chi connectivity index (χ2v) is 4.32. The van der Waals surface area contributed by atoms with Gasteiger partial charge in [0.2, 0.25) is 0 Å². The number of rotatable bonds is 3. The number of hydrogen-bond donors (Lipinski definition) is 1. The molecule has 1 saturated carbocycles. The van der Waals surface area contributed by atoms with Crippen LogP contribution in [0.1, 0.15) is 32.1 Å². The van der Waals surface area contributed by atoms with Gasteiger partial charge in [0.25, 0.3) is 0 Å². The lowest BCUT2D eigenvalue weighted by Crippen LogP contribution is -2.44. The predicted molar refractivity (Wildman–Crippen MR) is 51.0 cm³/mol. The second-order valence-electron chi connectivity index (χ2n) is 4.32. The first-order valence-electron chi connectivity index (χ1n) is 5.34. The highest BCUT2D eigenvalue weighted by atomic mass is 15.2. The monoisotopic (exact) mass is 168 g/mol. The van der Waals surface area contributed by atoms with Crippen LogP contribution in [-0.2, 0) is 0 Å². The molecule has 1 saturated heterocycles. The average molecular weight is 168 g/mol. The Morgan fingerprint density at radius 2 is 2.00 bits per heavy atom. The van der Waals surface area contributed by atoms with Crippen molar-refractivity contribution in [3.63, 3.8) is 0 Å². The van der Waals surface area contributed by atoms with Gasteiger partial charge in [-0.05, 0) is 38.1 Å². The molecule has 0 aromatic heterocycles. The Kier molecular flexibility index (Phi) is 2.66. The number of nitrogens with two attached hydrogens (primary N) is 1. The van der Waals surface area contributed by atoms with E-state index in [4.69, 9.17) is 5.73 Å². The van der Waals surface area contributed by atoms with Crippen molar-refractivity contribution in [2.45, 2.75) is 38.1 Å². The van der Waals surface area contributed by atoms with Gasteiger partial charge in [0.05, 0.1) is 0 Å². The highest BCUT2D eigenvalue weighted by molar-refractivity contribution is 4.83. The van der Waals surface area contributed by atoms with E-state index in [9.17, 15) is 0 Å². The summed E-state index contributed by atoms with van der Waals surface area (Å²) in [6.45, 7) is 3.51. The maximum absolute atomic E-state index is 5.75. The minimum Gasteiger partial charge on any atom is -0.329 e. The van der Waals surface area contributed by atoms with Crippen LogP contribution in [0, 0.1) is 5.92 Å². The van der Waals surface area contributed by atoms with Gasteiger partial charge in [0, 0.05) is 19.1 Å². The Morgan fingerprint density at radius 1 is 1.17 bits per heavy atom. The van der Waals surface area contributed by atoms with E-state index in [0.29, 0.717) is 6.04 Å². The van der Waals surface area contributed by atoms with E-state index in [1.54, 1.807) is 0 Å². The molecule has 2 fully saturated rings. The van der Waals surface area contributed by atoms with Gasteiger partial charge in [-0.1, -0.05) is 6.42 Å². The molecule has 0 spiro atoms. The molecule has 1 aliphatic heterocycles. The molecule has 1 aliphatic carbocycles. The molecule has 0 amide bonds. The van der Waals surface area contributed by atoms with Crippen molar-refractivity contribution in [3.05, 3.63) is 0 Å². The summed E-state index contributed by atoms with van der Waals surface area (Å²) in [7, 11) is 0. The van der Waals surface area contributed by atoms with Crippen LogP contribution < -0.4 is 5.73 Å². The number of hydrogen-bond acceptors (Lipinski definition) is 2. The van der Waals surface area contributed by atoms with Crippen molar-refractivity contribution in [2.75, 3.05) is 19.6 Å². The summed E-state index contributed by atoms with van der Waals surface area (Å²) in [5.74, 6) is 1.03. The lowest BCUT2D eigenvalue weighted by Gasteiger charge is -2.34. The molecule has 1 atom stereocenters. The molecule has 0 aromatic rings. The van der Waals surface area contributed by atoms with E-state index >= 15 is 0 Å². The van der Waals surface area contributed by atoms with Crippen LogP contribution in [0.15, 0.2) is 0 Å². The van der Waals surface area contributed by atoms with E-state index in [-0.39, 0.29) is 0 Å². The first-order chi connectivity index (χ1) is 5.90. The topological polar surface area (TPSA) is 29.3 Å². The van der Waals surface area contributed by atoms with Gasteiger partial charge in [0.1, 0.15) is 0 Å². The molecule has 2 rings (SSSR count). The molecule has 2 heteroatoms. The van der Waals surface area contributed by atoms with Gasteiger partial charge in [-0.3, -0.25) is 4.90 Å². The highest BCUT2D eigenvalue weighted by Gasteiger charge is 2.28. The van der Waals surface area contributed by atoms with E-state index in [0.717, 1.165) is 12.5 Å². The number of piperidine rings is 1. The van der Waals surface area contributed by atoms with Gasteiger partial charge in [0.15, 0.2) is 0 Å². The van der Waals surface area contributed by atoms with Gasteiger partial charge in [-0.25, -0.2) is 0 Å². The molecule has 2 N–H and O–H groups in total. The molecule has 0 aromatic carbocycles. The van der Waals surface area contributed by atoms with Crippen molar-refractivity contribution >= 4 is 0 Å². The Bertz CT molecular complexity index is 143. The Balaban J connectivity index is 1.81. The fourth-order valence-corrected chi connectivity index (χ4v) is 2.20. The fraction of sp³-hybridized carbons (Fsp3) is 1.00. The third kappa shape index (κ3) is 1.99.